The van der Waals surface area contributed by atoms with E-state index in [4.69, 9.17) is 5.73 Å². The van der Waals surface area contributed by atoms with E-state index in [1.165, 1.54) is 11.3 Å². The Balaban J connectivity index is 1.99. The van der Waals surface area contributed by atoms with Crippen molar-refractivity contribution in [1.29, 1.82) is 0 Å². The summed E-state index contributed by atoms with van der Waals surface area (Å²) < 4.78 is 0. The van der Waals surface area contributed by atoms with Crippen molar-refractivity contribution >= 4 is 22.4 Å². The molecule has 5 nitrogen and oxygen atoms in total. The van der Waals surface area contributed by atoms with Crippen LogP contribution < -0.4 is 10.6 Å². The van der Waals surface area contributed by atoms with Crippen molar-refractivity contribution < 1.29 is 4.79 Å². The van der Waals surface area contributed by atoms with Crippen LogP contribution in [0.25, 0.3) is 0 Å². The van der Waals surface area contributed by atoms with Gasteiger partial charge in [0.25, 0.3) is 0 Å². The third-order valence-corrected chi connectivity index (χ3v) is 4.07. The van der Waals surface area contributed by atoms with Crippen LogP contribution in [0.15, 0.2) is 5.38 Å². The number of anilines is 1. The third-order valence-electron chi connectivity index (χ3n) is 3.16. The largest absolute Gasteiger partial charge is 0.326 e. The predicted molar refractivity (Wildman–Crippen MR) is 73.7 cm³/mol. The standard InChI is InChI=1S/C12H20N4OS/c1-3-16(9(2)17)12-14-11(8-18-12)7-15-5-4-10(13)6-15/h8,10H,3-7,13H2,1-2H3/t10-/m1/s1. The quantitative estimate of drug-likeness (QED) is 0.886. The monoisotopic (exact) mass is 268 g/mol. The van der Waals surface area contributed by atoms with Crippen LogP contribution in [0, 0.1) is 0 Å². The van der Waals surface area contributed by atoms with E-state index in [-0.39, 0.29) is 5.91 Å². The molecule has 0 unspecified atom stereocenters. The summed E-state index contributed by atoms with van der Waals surface area (Å²) in [6.45, 7) is 7.01. The molecule has 0 bridgehead atoms. The Morgan fingerprint density at radius 3 is 3.06 bits per heavy atom. The molecular weight excluding hydrogens is 248 g/mol. The molecule has 0 radical (unpaired) electrons. The second-order valence-corrected chi connectivity index (χ2v) is 5.51. The number of thiazole rings is 1. The molecule has 18 heavy (non-hydrogen) atoms. The van der Waals surface area contributed by atoms with Gasteiger partial charge in [-0.15, -0.1) is 11.3 Å². The first kappa shape index (κ1) is 13.5. The van der Waals surface area contributed by atoms with E-state index in [0.717, 1.165) is 36.9 Å². The van der Waals surface area contributed by atoms with E-state index in [1.54, 1.807) is 11.8 Å². The number of amides is 1. The van der Waals surface area contributed by atoms with E-state index < -0.39 is 0 Å². The third kappa shape index (κ3) is 3.07. The maximum absolute atomic E-state index is 11.4. The molecule has 1 aromatic rings. The zero-order chi connectivity index (χ0) is 13.1. The van der Waals surface area contributed by atoms with Crippen molar-refractivity contribution in [2.45, 2.75) is 32.9 Å². The Bertz CT molecular complexity index is 420. The molecule has 1 atom stereocenters. The summed E-state index contributed by atoms with van der Waals surface area (Å²) in [4.78, 5) is 20.0. The number of likely N-dealkylation sites (tertiary alicyclic amines) is 1. The highest BCUT2D eigenvalue weighted by Gasteiger charge is 2.20. The predicted octanol–water partition coefficient (Wildman–Crippen LogP) is 1.05. The van der Waals surface area contributed by atoms with Crippen LogP contribution in [0.4, 0.5) is 5.13 Å². The van der Waals surface area contributed by atoms with Crippen LogP contribution in [0.2, 0.25) is 0 Å². The Morgan fingerprint density at radius 2 is 2.50 bits per heavy atom. The second-order valence-electron chi connectivity index (χ2n) is 4.67. The average Bonchev–Trinajstić information content (AvgIpc) is 2.90. The first-order valence-corrected chi connectivity index (χ1v) is 7.18. The molecule has 0 aromatic carbocycles. The molecule has 6 heteroatoms. The number of nitrogens with two attached hydrogens (primary N) is 1. The summed E-state index contributed by atoms with van der Waals surface area (Å²) in [5, 5.41) is 2.83. The van der Waals surface area contributed by atoms with Gasteiger partial charge in [-0.2, -0.15) is 0 Å². The Morgan fingerprint density at radius 1 is 1.72 bits per heavy atom. The Labute approximate surface area is 112 Å². The summed E-state index contributed by atoms with van der Waals surface area (Å²) in [6.07, 6.45) is 1.06. The van der Waals surface area contributed by atoms with Gasteiger partial charge in [-0.3, -0.25) is 14.6 Å². The van der Waals surface area contributed by atoms with Crippen LogP contribution in [0.3, 0.4) is 0 Å². The Hall–Kier alpha value is -0.980. The van der Waals surface area contributed by atoms with E-state index in [9.17, 15) is 4.79 Å². The van der Waals surface area contributed by atoms with Crippen molar-refractivity contribution in [3.8, 4) is 0 Å². The molecular formula is C12H20N4OS. The van der Waals surface area contributed by atoms with Gasteiger partial charge in [0, 0.05) is 44.5 Å². The number of nitrogens with zero attached hydrogens (tertiary/aromatic N) is 3. The molecule has 0 aliphatic carbocycles. The lowest BCUT2D eigenvalue weighted by Crippen LogP contribution is -2.28. The molecule has 1 fully saturated rings. The van der Waals surface area contributed by atoms with E-state index >= 15 is 0 Å². The van der Waals surface area contributed by atoms with Gasteiger partial charge in [0.05, 0.1) is 5.69 Å². The smallest absolute Gasteiger partial charge is 0.225 e. The maximum atomic E-state index is 11.4. The fourth-order valence-electron chi connectivity index (χ4n) is 2.22. The minimum absolute atomic E-state index is 0.0431. The van der Waals surface area contributed by atoms with Gasteiger partial charge in [-0.25, -0.2) is 4.98 Å². The fourth-order valence-corrected chi connectivity index (χ4v) is 3.14. The summed E-state index contributed by atoms with van der Waals surface area (Å²) in [5.74, 6) is 0.0431. The molecule has 1 aromatic heterocycles. The van der Waals surface area contributed by atoms with Gasteiger partial charge in [0.2, 0.25) is 5.91 Å². The van der Waals surface area contributed by atoms with Gasteiger partial charge >= 0.3 is 0 Å². The lowest BCUT2D eigenvalue weighted by molar-refractivity contribution is -0.116. The zero-order valence-corrected chi connectivity index (χ0v) is 11.7. The number of rotatable bonds is 4. The van der Waals surface area contributed by atoms with Crippen molar-refractivity contribution in [3.63, 3.8) is 0 Å². The number of hydrogen-bond acceptors (Lipinski definition) is 5. The highest BCUT2D eigenvalue weighted by molar-refractivity contribution is 7.14. The summed E-state index contributed by atoms with van der Waals surface area (Å²) in [6, 6.07) is 0.299. The lowest BCUT2D eigenvalue weighted by atomic mass is 10.3. The minimum atomic E-state index is 0.0431. The van der Waals surface area contributed by atoms with Crippen LogP contribution in [-0.4, -0.2) is 41.5 Å². The molecule has 2 heterocycles. The van der Waals surface area contributed by atoms with Crippen molar-refractivity contribution in [2.24, 2.45) is 5.73 Å². The molecule has 2 N–H and O–H groups in total. The highest BCUT2D eigenvalue weighted by Crippen LogP contribution is 2.22. The SMILES string of the molecule is CCN(C(C)=O)c1nc(CN2CC[C@@H](N)C2)cs1. The zero-order valence-electron chi connectivity index (χ0n) is 10.9. The van der Waals surface area contributed by atoms with Crippen LogP contribution in [-0.2, 0) is 11.3 Å². The molecule has 1 amide bonds. The summed E-state index contributed by atoms with van der Waals surface area (Å²) >= 11 is 1.53. The Kier molecular flexibility index (Phi) is 4.31. The molecule has 2 rings (SSSR count). The molecule has 100 valence electrons. The molecule has 1 aliphatic heterocycles. The first-order chi connectivity index (χ1) is 8.60. The molecule has 0 spiro atoms. The van der Waals surface area contributed by atoms with Crippen LogP contribution >= 0.6 is 11.3 Å². The maximum Gasteiger partial charge on any atom is 0.225 e. The van der Waals surface area contributed by atoms with E-state index in [2.05, 4.69) is 9.88 Å². The number of aromatic nitrogens is 1. The minimum Gasteiger partial charge on any atom is -0.326 e. The fraction of sp³-hybridized carbons (Fsp3) is 0.667. The van der Waals surface area contributed by atoms with Crippen molar-refractivity contribution in [3.05, 3.63) is 11.1 Å². The number of carbonyl (C=O) groups is 1. The van der Waals surface area contributed by atoms with Gasteiger partial charge in [-0.05, 0) is 13.3 Å². The molecule has 0 saturated carbocycles. The van der Waals surface area contributed by atoms with Crippen LogP contribution in [0.5, 0.6) is 0 Å². The van der Waals surface area contributed by atoms with Crippen molar-refractivity contribution in [2.75, 3.05) is 24.5 Å². The summed E-state index contributed by atoms with van der Waals surface area (Å²) in [7, 11) is 0. The van der Waals surface area contributed by atoms with Gasteiger partial charge in [-0.1, -0.05) is 0 Å². The normalized spacial score (nSPS) is 20.3. The highest BCUT2D eigenvalue weighted by atomic mass is 32.1. The molecule has 1 aliphatic rings. The van der Waals surface area contributed by atoms with E-state index in [1.807, 2.05) is 12.3 Å². The van der Waals surface area contributed by atoms with Gasteiger partial charge < -0.3 is 5.73 Å². The molecule has 1 saturated heterocycles. The number of carbonyl (C=O) groups excluding carboxylic acids is 1. The average molecular weight is 268 g/mol. The van der Waals surface area contributed by atoms with Gasteiger partial charge in [0.1, 0.15) is 0 Å². The topological polar surface area (TPSA) is 62.5 Å². The van der Waals surface area contributed by atoms with E-state index in [0.29, 0.717) is 12.6 Å². The van der Waals surface area contributed by atoms with Crippen LogP contribution in [0.1, 0.15) is 26.0 Å². The lowest BCUT2D eigenvalue weighted by Gasteiger charge is -2.15. The second kappa shape index (κ2) is 5.77. The first-order valence-electron chi connectivity index (χ1n) is 6.30. The van der Waals surface area contributed by atoms with Crippen molar-refractivity contribution in [1.82, 2.24) is 9.88 Å². The van der Waals surface area contributed by atoms with Gasteiger partial charge in [0.15, 0.2) is 5.13 Å². The summed E-state index contributed by atoms with van der Waals surface area (Å²) in [5.41, 5.74) is 6.91. The number of hydrogen-bond donors (Lipinski definition) is 1.